The van der Waals surface area contributed by atoms with Gasteiger partial charge >= 0.3 is 0 Å². The van der Waals surface area contributed by atoms with Crippen molar-refractivity contribution in [3.63, 3.8) is 0 Å². The zero-order valence-corrected chi connectivity index (χ0v) is 16.2. The van der Waals surface area contributed by atoms with Crippen LogP contribution in [0.2, 0.25) is 0 Å². The summed E-state index contributed by atoms with van der Waals surface area (Å²) < 4.78 is 1.56. The summed E-state index contributed by atoms with van der Waals surface area (Å²) >= 11 is 1.46. The number of aliphatic imine (C=N–C) groups is 1. The first-order valence-corrected chi connectivity index (χ1v) is 9.92. The van der Waals surface area contributed by atoms with E-state index in [-0.39, 0.29) is 17.0 Å². The number of carbonyl (C=O) groups excluding carboxylic acids is 1. The van der Waals surface area contributed by atoms with Crippen LogP contribution in [-0.2, 0) is 5.66 Å². The fourth-order valence-corrected chi connectivity index (χ4v) is 4.43. The van der Waals surface area contributed by atoms with Gasteiger partial charge in [-0.2, -0.15) is 0 Å². The topological polar surface area (TPSA) is 102 Å². The van der Waals surface area contributed by atoms with E-state index in [1.807, 2.05) is 26.2 Å². The minimum atomic E-state index is -0.756. The van der Waals surface area contributed by atoms with Crippen molar-refractivity contribution >= 4 is 29.7 Å². The van der Waals surface area contributed by atoms with Crippen molar-refractivity contribution in [2.45, 2.75) is 55.6 Å². The number of nitrogens with two attached hydrogens (primary N) is 1. The third-order valence-corrected chi connectivity index (χ3v) is 5.78. The summed E-state index contributed by atoms with van der Waals surface area (Å²) in [6.45, 7) is 3.66. The predicted molar refractivity (Wildman–Crippen MR) is 106 cm³/mol. The molecule has 1 amide bonds. The van der Waals surface area contributed by atoms with E-state index in [4.69, 9.17) is 5.73 Å². The molecule has 1 aliphatic heterocycles. The van der Waals surface area contributed by atoms with Gasteiger partial charge in [-0.25, -0.2) is 4.99 Å². The highest BCUT2D eigenvalue weighted by Gasteiger charge is 2.39. The van der Waals surface area contributed by atoms with Crippen molar-refractivity contribution in [3.05, 3.63) is 34.4 Å². The molecule has 140 valence electrons. The highest BCUT2D eigenvalue weighted by molar-refractivity contribution is 7.98. The number of nitrogens with zero attached hydrogens (tertiary/aromatic N) is 2. The molecule has 8 heteroatoms. The molecule has 0 saturated heterocycles. The van der Waals surface area contributed by atoms with E-state index in [9.17, 15) is 9.59 Å². The van der Waals surface area contributed by atoms with Gasteiger partial charge in [0.25, 0.3) is 11.5 Å². The van der Waals surface area contributed by atoms with E-state index in [1.54, 1.807) is 16.8 Å². The zero-order valence-electron chi connectivity index (χ0n) is 15.3. The molecule has 1 fully saturated rings. The number of carbonyl (C=O) groups is 1. The summed E-state index contributed by atoms with van der Waals surface area (Å²) in [7, 11) is 0. The number of rotatable bonds is 5. The Bertz CT molecular complexity index is 835. The van der Waals surface area contributed by atoms with Crippen LogP contribution in [0.15, 0.2) is 33.0 Å². The quantitative estimate of drug-likeness (QED) is 0.416. The van der Waals surface area contributed by atoms with Gasteiger partial charge in [0.05, 0.1) is 11.9 Å². The number of thioether (sulfide) groups is 1. The van der Waals surface area contributed by atoms with Crippen molar-refractivity contribution in [1.29, 1.82) is 0 Å². The molecule has 4 N–H and O–H groups in total. The van der Waals surface area contributed by atoms with Crippen molar-refractivity contribution in [2.75, 3.05) is 11.6 Å². The molecule has 0 atom stereocenters. The van der Waals surface area contributed by atoms with E-state index < -0.39 is 5.66 Å². The van der Waals surface area contributed by atoms with Crippen LogP contribution in [0.5, 0.6) is 0 Å². The van der Waals surface area contributed by atoms with Crippen molar-refractivity contribution in [3.8, 4) is 0 Å². The lowest BCUT2D eigenvalue weighted by atomic mass is 9.97. The summed E-state index contributed by atoms with van der Waals surface area (Å²) in [5, 5.41) is 6.33. The predicted octanol–water partition coefficient (Wildman–Crippen LogP) is 2.23. The lowest BCUT2D eigenvalue weighted by Gasteiger charge is -2.29. The van der Waals surface area contributed by atoms with Gasteiger partial charge in [-0.3, -0.25) is 14.2 Å². The first-order chi connectivity index (χ1) is 12.3. The molecular formula is C18H25N5O2S. The van der Waals surface area contributed by atoms with Crippen LogP contribution in [0.1, 0.15) is 50.0 Å². The van der Waals surface area contributed by atoms with Crippen LogP contribution >= 0.6 is 11.8 Å². The van der Waals surface area contributed by atoms with Gasteiger partial charge in [-0.1, -0.05) is 12.8 Å². The Labute approximate surface area is 157 Å². The maximum absolute atomic E-state index is 13.2. The molecule has 2 aliphatic rings. The van der Waals surface area contributed by atoms with Crippen LogP contribution in [0.3, 0.4) is 0 Å². The van der Waals surface area contributed by atoms with Gasteiger partial charge in [0.15, 0.2) is 0 Å². The minimum absolute atomic E-state index is 0.192. The molecule has 0 aromatic carbocycles. The molecule has 1 aromatic heterocycles. The molecule has 2 heterocycles. The van der Waals surface area contributed by atoms with Gasteiger partial charge < -0.3 is 16.4 Å². The number of hydrogen-bond acceptors (Lipinski definition) is 5. The Kier molecular flexibility index (Phi) is 4.88. The first kappa shape index (κ1) is 18.6. The molecule has 0 spiro atoms. The molecule has 1 aromatic rings. The highest BCUT2D eigenvalue weighted by Crippen LogP contribution is 2.36. The van der Waals surface area contributed by atoms with Crippen LogP contribution < -0.4 is 21.9 Å². The van der Waals surface area contributed by atoms with Gasteiger partial charge in [0.2, 0.25) is 0 Å². The number of amides is 1. The van der Waals surface area contributed by atoms with E-state index >= 15 is 0 Å². The van der Waals surface area contributed by atoms with E-state index in [2.05, 4.69) is 15.6 Å². The van der Waals surface area contributed by atoms with Crippen LogP contribution in [0.25, 0.3) is 0 Å². The molecule has 0 unspecified atom stereocenters. The lowest BCUT2D eigenvalue weighted by Crippen LogP contribution is -2.43. The summed E-state index contributed by atoms with van der Waals surface area (Å²) in [6.07, 6.45) is 10.8. The molecule has 1 saturated carbocycles. The molecule has 7 nitrogen and oxygen atoms in total. The van der Waals surface area contributed by atoms with Gasteiger partial charge in [0, 0.05) is 11.1 Å². The summed E-state index contributed by atoms with van der Waals surface area (Å²) in [5.74, 6) is -0.212. The van der Waals surface area contributed by atoms with Crippen LogP contribution in [0, 0.1) is 0 Å². The van der Waals surface area contributed by atoms with Gasteiger partial charge in [-0.05, 0) is 45.1 Å². The van der Waals surface area contributed by atoms with Crippen molar-refractivity contribution in [2.24, 2.45) is 10.7 Å². The number of nitrogens with one attached hydrogen (secondary N) is 2. The fourth-order valence-electron chi connectivity index (χ4n) is 3.82. The first-order valence-electron chi connectivity index (χ1n) is 8.70. The standard InChI is InChI=1S/C18H25N5O2S/c1-17(2)22-15(24)14-13(26-3)10-12(16(25)23(14)17)21-18(6-4-5-7-18)8-9-20-11-19/h8-11,21H,4-7H2,1-3H3,(H2,19,20)(H,22,24)/b9-8-. The molecule has 0 radical (unpaired) electrons. The van der Waals surface area contributed by atoms with E-state index in [0.29, 0.717) is 11.4 Å². The monoisotopic (exact) mass is 375 g/mol. The average Bonchev–Trinajstić information content (AvgIpc) is 3.13. The summed E-state index contributed by atoms with van der Waals surface area (Å²) in [5.41, 5.74) is 4.98. The molecule has 26 heavy (non-hydrogen) atoms. The van der Waals surface area contributed by atoms with E-state index in [0.717, 1.165) is 30.6 Å². The number of hydrogen-bond donors (Lipinski definition) is 3. The second kappa shape index (κ2) is 6.83. The zero-order chi connectivity index (χ0) is 18.9. The number of aromatic nitrogens is 1. The van der Waals surface area contributed by atoms with Crippen molar-refractivity contribution < 1.29 is 4.79 Å². The van der Waals surface area contributed by atoms with Crippen LogP contribution in [0.4, 0.5) is 5.69 Å². The van der Waals surface area contributed by atoms with E-state index in [1.165, 1.54) is 18.1 Å². The lowest BCUT2D eigenvalue weighted by molar-refractivity contribution is 0.0933. The largest absolute Gasteiger partial charge is 0.390 e. The third kappa shape index (κ3) is 3.13. The number of pyridine rings is 1. The normalized spacial score (nSPS) is 20.7. The Morgan fingerprint density at radius 2 is 2.04 bits per heavy atom. The van der Waals surface area contributed by atoms with Crippen molar-refractivity contribution in [1.82, 2.24) is 9.88 Å². The number of fused-ring (bicyclic) bond motifs is 1. The summed E-state index contributed by atoms with van der Waals surface area (Å²) in [6, 6.07) is 1.79. The highest BCUT2D eigenvalue weighted by atomic mass is 32.2. The minimum Gasteiger partial charge on any atom is -0.390 e. The summed E-state index contributed by atoms with van der Waals surface area (Å²) in [4.78, 5) is 30.3. The Morgan fingerprint density at radius 3 is 2.65 bits per heavy atom. The Morgan fingerprint density at radius 1 is 1.35 bits per heavy atom. The fraction of sp³-hybridized carbons (Fsp3) is 0.500. The number of anilines is 1. The van der Waals surface area contributed by atoms with Gasteiger partial charge in [-0.15, -0.1) is 11.8 Å². The Balaban J connectivity index is 2.09. The maximum atomic E-state index is 13.2. The molecule has 1 aliphatic carbocycles. The third-order valence-electron chi connectivity index (χ3n) is 5.02. The van der Waals surface area contributed by atoms with Crippen LogP contribution in [-0.4, -0.2) is 28.6 Å². The molecule has 0 bridgehead atoms. The molecule has 3 rings (SSSR count). The average molecular weight is 375 g/mol. The SMILES string of the molecule is CSc1cc(NC2(/C=C\N=C/N)CCCC2)c(=O)n2c1C(=O)NC2(C)C. The maximum Gasteiger partial charge on any atom is 0.276 e. The Hall–Kier alpha value is -2.22. The second-order valence-corrected chi connectivity index (χ2v) is 8.08. The second-order valence-electron chi connectivity index (χ2n) is 7.23. The van der Waals surface area contributed by atoms with Gasteiger partial charge in [0.1, 0.15) is 17.0 Å². The smallest absolute Gasteiger partial charge is 0.276 e. The molecular weight excluding hydrogens is 350 g/mol.